The highest BCUT2D eigenvalue weighted by molar-refractivity contribution is 5.93. The monoisotopic (exact) mass is 397 g/mol. The number of anilines is 1. The van der Waals surface area contributed by atoms with Crippen LogP contribution in [0.3, 0.4) is 0 Å². The highest BCUT2D eigenvalue weighted by atomic mass is 16.5. The number of para-hydroxylation sites is 1. The Morgan fingerprint density at radius 1 is 1.03 bits per heavy atom. The number of nitrogens with two attached hydrogens (primary N) is 1. The summed E-state index contributed by atoms with van der Waals surface area (Å²) in [5.41, 5.74) is 6.12. The van der Waals surface area contributed by atoms with Crippen LogP contribution >= 0.6 is 0 Å². The second kappa shape index (κ2) is 10.5. The zero-order valence-corrected chi connectivity index (χ0v) is 16.4. The molecule has 1 unspecified atom stereocenters. The van der Waals surface area contributed by atoms with Gasteiger partial charge in [-0.25, -0.2) is 0 Å². The van der Waals surface area contributed by atoms with Crippen molar-refractivity contribution in [1.29, 1.82) is 0 Å². The van der Waals surface area contributed by atoms with Crippen LogP contribution in [0.1, 0.15) is 12.8 Å². The summed E-state index contributed by atoms with van der Waals surface area (Å²) in [5.74, 6) is 0.944. The number of carbonyl (C=O) groups is 2. The van der Waals surface area contributed by atoms with Gasteiger partial charge in [0.1, 0.15) is 18.1 Å². The van der Waals surface area contributed by atoms with Crippen LogP contribution in [0.2, 0.25) is 0 Å². The molecule has 1 saturated heterocycles. The molecule has 1 fully saturated rings. The maximum atomic E-state index is 12.6. The fraction of sp³-hybridized carbons (Fsp3) is 0.364. The van der Waals surface area contributed by atoms with E-state index in [0.29, 0.717) is 43.4 Å². The van der Waals surface area contributed by atoms with Gasteiger partial charge < -0.3 is 25.4 Å². The number of hydrogen-bond acceptors (Lipinski definition) is 5. The highest BCUT2D eigenvalue weighted by Gasteiger charge is 2.28. The molecule has 1 aliphatic rings. The van der Waals surface area contributed by atoms with E-state index < -0.39 is 0 Å². The van der Waals surface area contributed by atoms with Crippen LogP contribution in [-0.2, 0) is 9.59 Å². The number of ether oxygens (including phenoxy) is 2. The number of hydrogen-bond donors (Lipinski definition) is 2. The van der Waals surface area contributed by atoms with Gasteiger partial charge in [0.15, 0.2) is 6.61 Å². The first-order valence-corrected chi connectivity index (χ1v) is 9.85. The number of nitrogens with one attached hydrogen (secondary N) is 1. The van der Waals surface area contributed by atoms with Gasteiger partial charge in [-0.05, 0) is 49.2 Å². The Bertz CT molecular complexity index is 795. The van der Waals surface area contributed by atoms with Crippen molar-refractivity contribution in [2.24, 2.45) is 11.7 Å². The molecule has 0 bridgehead atoms. The van der Waals surface area contributed by atoms with E-state index in [1.807, 2.05) is 30.3 Å². The third-order valence-corrected chi connectivity index (χ3v) is 4.76. The molecule has 2 aromatic rings. The predicted molar refractivity (Wildman–Crippen MR) is 111 cm³/mol. The van der Waals surface area contributed by atoms with Gasteiger partial charge in [-0.15, -0.1) is 0 Å². The van der Waals surface area contributed by atoms with Crippen molar-refractivity contribution in [2.45, 2.75) is 12.8 Å². The van der Waals surface area contributed by atoms with Gasteiger partial charge >= 0.3 is 0 Å². The standard InChI is InChI=1S/C22H27N3O4/c23-12-14-28-20-10-8-18(9-11-20)24-22(27)17-5-4-13-25(15-17)21(26)16-29-19-6-2-1-3-7-19/h1-3,6-11,17H,4-5,12-16,23H2,(H,24,27). The Morgan fingerprint density at radius 2 is 1.76 bits per heavy atom. The van der Waals surface area contributed by atoms with Gasteiger partial charge in [-0.1, -0.05) is 18.2 Å². The molecule has 1 atom stereocenters. The third-order valence-electron chi connectivity index (χ3n) is 4.76. The number of carbonyl (C=O) groups excluding carboxylic acids is 2. The van der Waals surface area contributed by atoms with Crippen molar-refractivity contribution in [3.8, 4) is 11.5 Å². The molecule has 0 spiro atoms. The number of rotatable bonds is 8. The average molecular weight is 397 g/mol. The Balaban J connectivity index is 1.49. The summed E-state index contributed by atoms with van der Waals surface area (Å²) in [4.78, 5) is 26.8. The first kappa shape index (κ1) is 20.7. The van der Waals surface area contributed by atoms with Gasteiger partial charge in [-0.3, -0.25) is 9.59 Å². The Labute approximate surface area is 170 Å². The number of nitrogens with zero attached hydrogens (tertiary/aromatic N) is 1. The molecular weight excluding hydrogens is 370 g/mol. The predicted octanol–water partition coefficient (Wildman–Crippen LogP) is 2.28. The molecule has 0 aromatic heterocycles. The summed E-state index contributed by atoms with van der Waals surface area (Å²) < 4.78 is 11.0. The van der Waals surface area contributed by atoms with Gasteiger partial charge in [-0.2, -0.15) is 0 Å². The smallest absolute Gasteiger partial charge is 0.260 e. The summed E-state index contributed by atoms with van der Waals surface area (Å²) >= 11 is 0. The molecule has 7 nitrogen and oxygen atoms in total. The first-order chi connectivity index (χ1) is 14.2. The summed E-state index contributed by atoms with van der Waals surface area (Å²) in [6.07, 6.45) is 1.55. The van der Waals surface area contributed by atoms with E-state index in [0.717, 1.165) is 12.8 Å². The Hall–Kier alpha value is -3.06. The van der Waals surface area contributed by atoms with Crippen molar-refractivity contribution >= 4 is 17.5 Å². The quantitative estimate of drug-likeness (QED) is 0.713. The van der Waals surface area contributed by atoms with Crippen LogP contribution in [0.15, 0.2) is 54.6 Å². The number of benzene rings is 2. The minimum absolute atomic E-state index is 0.0252. The van der Waals surface area contributed by atoms with Crippen molar-refractivity contribution in [3.05, 3.63) is 54.6 Å². The maximum absolute atomic E-state index is 12.6. The second-order valence-electron chi connectivity index (χ2n) is 6.93. The molecule has 29 heavy (non-hydrogen) atoms. The van der Waals surface area contributed by atoms with Crippen LogP contribution in [0.5, 0.6) is 11.5 Å². The second-order valence-corrected chi connectivity index (χ2v) is 6.93. The van der Waals surface area contributed by atoms with E-state index in [9.17, 15) is 9.59 Å². The van der Waals surface area contributed by atoms with Gasteiger partial charge in [0.2, 0.25) is 5.91 Å². The molecule has 0 saturated carbocycles. The number of piperidine rings is 1. The van der Waals surface area contributed by atoms with E-state index in [-0.39, 0.29) is 24.3 Å². The number of amides is 2. The fourth-order valence-electron chi connectivity index (χ4n) is 3.23. The van der Waals surface area contributed by atoms with E-state index in [4.69, 9.17) is 15.2 Å². The Kier molecular flexibility index (Phi) is 7.47. The summed E-state index contributed by atoms with van der Waals surface area (Å²) in [5, 5.41) is 2.92. The topological polar surface area (TPSA) is 93.9 Å². The van der Waals surface area contributed by atoms with Crippen LogP contribution < -0.4 is 20.5 Å². The third kappa shape index (κ3) is 6.22. The number of likely N-dealkylation sites (tertiary alicyclic amines) is 1. The molecule has 3 rings (SSSR count). The van der Waals surface area contributed by atoms with Crippen molar-refractivity contribution < 1.29 is 19.1 Å². The lowest BCUT2D eigenvalue weighted by Crippen LogP contribution is -2.45. The van der Waals surface area contributed by atoms with E-state index in [2.05, 4.69) is 5.32 Å². The van der Waals surface area contributed by atoms with E-state index in [1.165, 1.54) is 0 Å². The van der Waals surface area contributed by atoms with Crippen LogP contribution in [0.25, 0.3) is 0 Å². The molecule has 7 heteroatoms. The molecule has 0 aliphatic carbocycles. The molecule has 0 radical (unpaired) electrons. The summed E-state index contributed by atoms with van der Waals surface area (Å²) in [6, 6.07) is 16.4. The minimum atomic E-state index is -0.238. The van der Waals surface area contributed by atoms with Crippen LogP contribution in [0, 0.1) is 5.92 Å². The zero-order chi connectivity index (χ0) is 20.5. The van der Waals surface area contributed by atoms with Gasteiger partial charge in [0, 0.05) is 25.3 Å². The van der Waals surface area contributed by atoms with Crippen molar-refractivity contribution in [1.82, 2.24) is 4.90 Å². The lowest BCUT2D eigenvalue weighted by molar-refractivity contribution is -0.136. The molecule has 2 amide bonds. The SMILES string of the molecule is NCCOc1ccc(NC(=O)C2CCCN(C(=O)COc3ccccc3)C2)cc1. The largest absolute Gasteiger partial charge is 0.492 e. The maximum Gasteiger partial charge on any atom is 0.260 e. The zero-order valence-electron chi connectivity index (χ0n) is 16.4. The van der Waals surface area contributed by atoms with E-state index >= 15 is 0 Å². The summed E-state index contributed by atoms with van der Waals surface area (Å²) in [7, 11) is 0. The minimum Gasteiger partial charge on any atom is -0.492 e. The van der Waals surface area contributed by atoms with Crippen LogP contribution in [0.4, 0.5) is 5.69 Å². The normalized spacial score (nSPS) is 16.2. The molecule has 1 heterocycles. The molecular formula is C22H27N3O4. The van der Waals surface area contributed by atoms with E-state index in [1.54, 1.807) is 29.2 Å². The first-order valence-electron chi connectivity index (χ1n) is 9.85. The van der Waals surface area contributed by atoms with Crippen LogP contribution in [-0.4, -0.2) is 49.6 Å². The molecule has 1 aliphatic heterocycles. The fourth-order valence-corrected chi connectivity index (χ4v) is 3.23. The molecule has 3 N–H and O–H groups in total. The molecule has 154 valence electrons. The van der Waals surface area contributed by atoms with Gasteiger partial charge in [0.25, 0.3) is 5.91 Å². The molecule has 2 aromatic carbocycles. The summed E-state index contributed by atoms with van der Waals surface area (Å²) in [6.45, 7) is 1.93. The van der Waals surface area contributed by atoms with Crippen molar-refractivity contribution in [2.75, 3.05) is 38.2 Å². The van der Waals surface area contributed by atoms with Gasteiger partial charge in [0.05, 0.1) is 5.92 Å². The average Bonchev–Trinajstić information content (AvgIpc) is 2.77. The lowest BCUT2D eigenvalue weighted by atomic mass is 9.97. The highest BCUT2D eigenvalue weighted by Crippen LogP contribution is 2.21. The Morgan fingerprint density at radius 3 is 2.48 bits per heavy atom. The lowest BCUT2D eigenvalue weighted by Gasteiger charge is -2.32. The van der Waals surface area contributed by atoms with Crippen molar-refractivity contribution in [3.63, 3.8) is 0 Å².